The predicted octanol–water partition coefficient (Wildman–Crippen LogP) is 2.49. The first-order valence-electron chi connectivity index (χ1n) is 9.16. The van der Waals surface area contributed by atoms with Gasteiger partial charge in [-0.25, -0.2) is 4.98 Å². The number of fused-ring (bicyclic) bond motifs is 1. The van der Waals surface area contributed by atoms with E-state index in [1.54, 1.807) is 7.11 Å². The molecule has 0 radical (unpaired) electrons. The van der Waals surface area contributed by atoms with Gasteiger partial charge in [0.15, 0.2) is 5.82 Å². The fourth-order valence-corrected chi connectivity index (χ4v) is 4.56. The fraction of sp³-hybridized carbons (Fsp3) is 0.526. The normalized spacial score (nSPS) is 20.1. The number of rotatable bonds is 4. The van der Waals surface area contributed by atoms with Crippen molar-refractivity contribution in [2.24, 2.45) is 5.92 Å². The van der Waals surface area contributed by atoms with E-state index >= 15 is 0 Å². The first-order valence-corrected chi connectivity index (χ1v) is 9.94. The molecule has 1 unspecified atom stereocenters. The van der Waals surface area contributed by atoms with E-state index in [2.05, 4.69) is 38.5 Å². The molecule has 1 atom stereocenters. The third-order valence-electron chi connectivity index (χ3n) is 5.21. The van der Waals surface area contributed by atoms with Crippen LogP contribution in [0.5, 0.6) is 0 Å². The molecule has 26 heavy (non-hydrogen) atoms. The Morgan fingerprint density at radius 1 is 1.31 bits per heavy atom. The molecule has 3 heterocycles. The second-order valence-electron chi connectivity index (χ2n) is 6.99. The van der Waals surface area contributed by atoms with Gasteiger partial charge >= 0.3 is 0 Å². The van der Waals surface area contributed by atoms with Crippen LogP contribution in [0.15, 0.2) is 24.3 Å². The van der Waals surface area contributed by atoms with Crippen LogP contribution in [0.25, 0.3) is 0 Å². The quantitative estimate of drug-likeness (QED) is 0.825. The Kier molecular flexibility index (Phi) is 5.17. The summed E-state index contributed by atoms with van der Waals surface area (Å²) < 4.78 is 9.43. The summed E-state index contributed by atoms with van der Waals surface area (Å²) in [6.07, 6.45) is 2.92. The molecule has 2 aromatic rings. The third kappa shape index (κ3) is 3.59. The second kappa shape index (κ2) is 7.72. The van der Waals surface area contributed by atoms with Crippen LogP contribution in [0, 0.1) is 5.92 Å². The molecule has 1 aromatic heterocycles. The highest BCUT2D eigenvalue weighted by Crippen LogP contribution is 2.27. The van der Waals surface area contributed by atoms with Gasteiger partial charge in [-0.15, -0.1) is 0 Å². The van der Waals surface area contributed by atoms with Crippen molar-refractivity contribution in [2.45, 2.75) is 32.4 Å². The van der Waals surface area contributed by atoms with E-state index in [4.69, 9.17) is 4.74 Å². The standard InChI is InChI=1S/C19H24N4O2S/c1-25-13-17-20-19(26-21-17)23-9-4-7-16(12-23)18(24)22-10-8-14-5-2-3-6-15(14)11-22/h2-3,5-6,16H,4,7-13H2,1H3. The number of nitrogens with zero attached hydrogens (tertiary/aromatic N) is 4. The molecule has 0 aliphatic carbocycles. The Hall–Kier alpha value is -1.99. The molecular weight excluding hydrogens is 348 g/mol. The van der Waals surface area contributed by atoms with Crippen LogP contribution in [-0.4, -0.2) is 46.9 Å². The number of methoxy groups -OCH3 is 1. The number of hydrogen-bond donors (Lipinski definition) is 0. The number of amides is 1. The Balaban J connectivity index is 1.42. The summed E-state index contributed by atoms with van der Waals surface area (Å²) >= 11 is 1.40. The molecule has 1 saturated heterocycles. The van der Waals surface area contributed by atoms with E-state index in [-0.39, 0.29) is 11.8 Å². The zero-order chi connectivity index (χ0) is 17.9. The van der Waals surface area contributed by atoms with Gasteiger partial charge < -0.3 is 14.5 Å². The molecule has 0 saturated carbocycles. The Bertz CT molecular complexity index is 778. The maximum atomic E-state index is 13.1. The van der Waals surface area contributed by atoms with Crippen molar-refractivity contribution in [3.63, 3.8) is 0 Å². The van der Waals surface area contributed by atoms with E-state index in [1.807, 2.05) is 4.90 Å². The molecule has 1 aromatic carbocycles. The van der Waals surface area contributed by atoms with Crippen LogP contribution in [0.1, 0.15) is 29.8 Å². The summed E-state index contributed by atoms with van der Waals surface area (Å²) in [7, 11) is 1.65. The summed E-state index contributed by atoms with van der Waals surface area (Å²) in [4.78, 5) is 21.9. The van der Waals surface area contributed by atoms with Crippen molar-refractivity contribution in [3.8, 4) is 0 Å². The molecule has 0 spiro atoms. The van der Waals surface area contributed by atoms with Crippen molar-refractivity contribution in [1.29, 1.82) is 0 Å². The number of aromatic nitrogens is 2. The van der Waals surface area contributed by atoms with Gasteiger partial charge in [0.1, 0.15) is 6.61 Å². The van der Waals surface area contributed by atoms with Gasteiger partial charge in [0.25, 0.3) is 0 Å². The van der Waals surface area contributed by atoms with Gasteiger partial charge in [-0.2, -0.15) is 4.37 Å². The van der Waals surface area contributed by atoms with Gasteiger partial charge in [-0.05, 0) is 30.4 Å². The Morgan fingerprint density at radius 2 is 2.15 bits per heavy atom. The minimum Gasteiger partial charge on any atom is -0.377 e. The molecule has 4 rings (SSSR count). The van der Waals surface area contributed by atoms with E-state index < -0.39 is 0 Å². The monoisotopic (exact) mass is 372 g/mol. The van der Waals surface area contributed by atoms with E-state index in [0.717, 1.165) is 50.6 Å². The van der Waals surface area contributed by atoms with Crippen molar-refractivity contribution in [2.75, 3.05) is 31.6 Å². The van der Waals surface area contributed by atoms with Crippen molar-refractivity contribution < 1.29 is 9.53 Å². The number of anilines is 1. The summed E-state index contributed by atoms with van der Waals surface area (Å²) in [5.74, 6) is 1.04. The van der Waals surface area contributed by atoms with Crippen LogP contribution in [0.3, 0.4) is 0 Å². The van der Waals surface area contributed by atoms with Crippen molar-refractivity contribution in [1.82, 2.24) is 14.3 Å². The first kappa shape index (κ1) is 17.4. The van der Waals surface area contributed by atoms with Gasteiger partial charge in [-0.3, -0.25) is 4.79 Å². The highest BCUT2D eigenvalue weighted by atomic mass is 32.1. The van der Waals surface area contributed by atoms with Crippen LogP contribution < -0.4 is 4.90 Å². The average molecular weight is 372 g/mol. The van der Waals surface area contributed by atoms with Crippen molar-refractivity contribution in [3.05, 3.63) is 41.2 Å². The number of carbonyl (C=O) groups is 1. The summed E-state index contributed by atoms with van der Waals surface area (Å²) in [5.41, 5.74) is 2.66. The van der Waals surface area contributed by atoms with Crippen LogP contribution in [-0.2, 0) is 29.1 Å². The molecule has 1 amide bonds. The lowest BCUT2D eigenvalue weighted by Crippen LogP contribution is -2.46. The summed E-state index contributed by atoms with van der Waals surface area (Å²) in [6.45, 7) is 3.66. The topological polar surface area (TPSA) is 58.6 Å². The predicted molar refractivity (Wildman–Crippen MR) is 101 cm³/mol. The zero-order valence-corrected chi connectivity index (χ0v) is 15.9. The lowest BCUT2D eigenvalue weighted by Gasteiger charge is -2.36. The Morgan fingerprint density at radius 3 is 3.00 bits per heavy atom. The minimum atomic E-state index is 0.0452. The van der Waals surface area contributed by atoms with E-state index in [1.165, 1.54) is 22.7 Å². The van der Waals surface area contributed by atoms with Gasteiger partial charge in [0.2, 0.25) is 11.0 Å². The molecular formula is C19H24N4O2S. The number of piperidine rings is 1. The van der Waals surface area contributed by atoms with Crippen LogP contribution >= 0.6 is 11.5 Å². The second-order valence-corrected chi connectivity index (χ2v) is 7.72. The van der Waals surface area contributed by atoms with Crippen LogP contribution in [0.4, 0.5) is 5.13 Å². The largest absolute Gasteiger partial charge is 0.377 e. The number of ether oxygens (including phenoxy) is 1. The third-order valence-corrected chi connectivity index (χ3v) is 6.03. The maximum Gasteiger partial charge on any atom is 0.227 e. The molecule has 7 heteroatoms. The molecule has 2 aliphatic rings. The van der Waals surface area contributed by atoms with E-state index in [0.29, 0.717) is 12.4 Å². The van der Waals surface area contributed by atoms with Crippen LogP contribution in [0.2, 0.25) is 0 Å². The van der Waals surface area contributed by atoms with Gasteiger partial charge in [-0.1, -0.05) is 24.3 Å². The molecule has 0 bridgehead atoms. The van der Waals surface area contributed by atoms with Crippen molar-refractivity contribution >= 4 is 22.6 Å². The molecule has 2 aliphatic heterocycles. The smallest absolute Gasteiger partial charge is 0.227 e. The first-order chi connectivity index (χ1) is 12.7. The highest BCUT2D eigenvalue weighted by molar-refractivity contribution is 7.09. The zero-order valence-electron chi connectivity index (χ0n) is 15.1. The lowest BCUT2D eigenvalue weighted by atomic mass is 9.94. The SMILES string of the molecule is COCc1nsc(N2CCCC(C(=O)N3CCc4ccccc4C3)C2)n1. The molecule has 6 nitrogen and oxygen atoms in total. The molecule has 138 valence electrons. The fourth-order valence-electron chi connectivity index (χ4n) is 3.86. The lowest BCUT2D eigenvalue weighted by molar-refractivity contribution is -0.136. The average Bonchev–Trinajstić information content (AvgIpc) is 3.16. The number of carbonyl (C=O) groups excluding carboxylic acids is 1. The van der Waals surface area contributed by atoms with Gasteiger partial charge in [0.05, 0.1) is 5.92 Å². The summed E-state index contributed by atoms with van der Waals surface area (Å²) in [5, 5.41) is 0.901. The summed E-state index contributed by atoms with van der Waals surface area (Å²) in [6, 6.07) is 8.45. The Labute approximate surface area is 158 Å². The number of benzene rings is 1. The van der Waals surface area contributed by atoms with Gasteiger partial charge in [0, 0.05) is 44.8 Å². The maximum absolute atomic E-state index is 13.1. The molecule has 1 fully saturated rings. The number of hydrogen-bond acceptors (Lipinski definition) is 6. The molecule has 0 N–H and O–H groups in total. The highest BCUT2D eigenvalue weighted by Gasteiger charge is 2.32. The minimum absolute atomic E-state index is 0.0452. The van der Waals surface area contributed by atoms with E-state index in [9.17, 15) is 4.79 Å².